The Morgan fingerprint density at radius 1 is 1.32 bits per heavy atom. The van der Waals surface area contributed by atoms with Crippen LogP contribution in [0.2, 0.25) is 0 Å². The lowest BCUT2D eigenvalue weighted by atomic mass is 9.89. The Bertz CT molecular complexity index is 578. The van der Waals surface area contributed by atoms with Crippen LogP contribution in [0, 0.1) is 12.3 Å². The van der Waals surface area contributed by atoms with Crippen molar-refractivity contribution in [2.24, 2.45) is 5.41 Å². The third-order valence-electron chi connectivity index (χ3n) is 4.23. The summed E-state index contributed by atoms with van der Waals surface area (Å²) < 4.78 is 27.1. The van der Waals surface area contributed by atoms with E-state index in [9.17, 15) is 8.42 Å². The number of nitrogens with one attached hydrogen (secondary N) is 2. The van der Waals surface area contributed by atoms with Gasteiger partial charge in [-0.2, -0.15) is 0 Å². The van der Waals surface area contributed by atoms with Gasteiger partial charge >= 0.3 is 0 Å². The average Bonchev–Trinajstić information content (AvgIpc) is 2.85. The predicted molar refractivity (Wildman–Crippen MR) is 89.5 cm³/mol. The van der Waals surface area contributed by atoms with Crippen molar-refractivity contribution >= 4 is 10.0 Å². The second-order valence-corrected chi connectivity index (χ2v) is 8.45. The Hall–Kier alpha value is -0.950. The quantitative estimate of drug-likeness (QED) is 0.791. The summed E-state index contributed by atoms with van der Waals surface area (Å²) in [4.78, 5) is 2.53. The third-order valence-corrected chi connectivity index (χ3v) is 5.70. The molecule has 2 rings (SSSR count). The Morgan fingerprint density at radius 2 is 2.00 bits per heavy atom. The van der Waals surface area contributed by atoms with Gasteiger partial charge in [-0.1, -0.05) is 24.6 Å². The lowest BCUT2D eigenvalue weighted by Crippen LogP contribution is -2.39. The summed E-state index contributed by atoms with van der Waals surface area (Å²) >= 11 is 0. The van der Waals surface area contributed by atoms with Crippen molar-refractivity contribution < 1.29 is 8.42 Å². The molecule has 22 heavy (non-hydrogen) atoms. The summed E-state index contributed by atoms with van der Waals surface area (Å²) in [5.41, 5.74) is 1.35. The third kappa shape index (κ3) is 4.78. The number of sulfonamides is 1. The molecule has 0 amide bonds. The molecule has 0 aromatic heterocycles. The fourth-order valence-electron chi connectivity index (χ4n) is 2.91. The molecule has 1 heterocycles. The zero-order valence-electron chi connectivity index (χ0n) is 13.7. The molecule has 1 aliphatic heterocycles. The van der Waals surface area contributed by atoms with Crippen LogP contribution in [-0.2, 0) is 10.0 Å². The standard InChI is InChI=1S/C16H27N3O2S/c1-14-4-6-15(7-5-14)22(20,21)18-10-11-19(3)13-16(2)8-9-17-12-16/h4-7,17-18H,8-13H2,1-3H3. The minimum atomic E-state index is -3.40. The molecule has 1 aromatic carbocycles. The topological polar surface area (TPSA) is 61.4 Å². The van der Waals surface area contributed by atoms with Crippen LogP contribution in [0.15, 0.2) is 29.2 Å². The maximum Gasteiger partial charge on any atom is 0.240 e. The monoisotopic (exact) mass is 325 g/mol. The highest BCUT2D eigenvalue weighted by molar-refractivity contribution is 7.89. The Balaban J connectivity index is 1.81. The van der Waals surface area contributed by atoms with Gasteiger partial charge in [-0.3, -0.25) is 0 Å². The van der Waals surface area contributed by atoms with E-state index in [0.29, 0.717) is 23.4 Å². The molecule has 6 heteroatoms. The zero-order valence-corrected chi connectivity index (χ0v) is 14.5. The van der Waals surface area contributed by atoms with Crippen molar-refractivity contribution in [1.29, 1.82) is 0 Å². The molecule has 1 fully saturated rings. The Kier molecular flexibility index (Phi) is 5.60. The molecule has 1 aliphatic rings. The normalized spacial score (nSPS) is 22.4. The number of rotatable bonds is 7. The van der Waals surface area contributed by atoms with E-state index in [1.807, 2.05) is 26.1 Å². The number of nitrogens with zero attached hydrogens (tertiary/aromatic N) is 1. The molecule has 1 atom stereocenters. The van der Waals surface area contributed by atoms with Gasteiger partial charge in [0.25, 0.3) is 0 Å². The van der Waals surface area contributed by atoms with Gasteiger partial charge in [-0.05, 0) is 44.5 Å². The van der Waals surface area contributed by atoms with Gasteiger partial charge in [0.15, 0.2) is 0 Å². The smallest absolute Gasteiger partial charge is 0.240 e. The van der Waals surface area contributed by atoms with Crippen LogP contribution in [0.1, 0.15) is 18.9 Å². The van der Waals surface area contributed by atoms with E-state index >= 15 is 0 Å². The molecule has 1 saturated heterocycles. The van der Waals surface area contributed by atoms with Gasteiger partial charge in [0.2, 0.25) is 10.0 Å². The van der Waals surface area contributed by atoms with Gasteiger partial charge in [0.1, 0.15) is 0 Å². The van der Waals surface area contributed by atoms with Crippen LogP contribution in [-0.4, -0.2) is 53.1 Å². The van der Waals surface area contributed by atoms with E-state index in [2.05, 4.69) is 21.9 Å². The van der Waals surface area contributed by atoms with Crippen molar-refractivity contribution in [1.82, 2.24) is 14.9 Å². The van der Waals surface area contributed by atoms with Gasteiger partial charge in [-0.15, -0.1) is 0 Å². The van der Waals surface area contributed by atoms with E-state index in [0.717, 1.165) is 25.2 Å². The predicted octanol–water partition coefficient (Wildman–Crippen LogP) is 1.20. The molecule has 1 aromatic rings. The fraction of sp³-hybridized carbons (Fsp3) is 0.625. The highest BCUT2D eigenvalue weighted by Crippen LogP contribution is 2.24. The number of hydrogen-bond acceptors (Lipinski definition) is 4. The van der Waals surface area contributed by atoms with Crippen molar-refractivity contribution in [3.8, 4) is 0 Å². The Labute approximate surface area is 134 Å². The molecular formula is C16H27N3O2S. The number of aryl methyl sites for hydroxylation is 1. The lowest BCUT2D eigenvalue weighted by molar-refractivity contribution is 0.212. The van der Waals surface area contributed by atoms with Crippen LogP contribution in [0.5, 0.6) is 0 Å². The molecule has 0 bridgehead atoms. The minimum Gasteiger partial charge on any atom is -0.316 e. The number of likely N-dealkylation sites (N-methyl/N-ethyl adjacent to an activating group) is 1. The maximum atomic E-state index is 12.2. The van der Waals surface area contributed by atoms with Gasteiger partial charge in [-0.25, -0.2) is 13.1 Å². The molecule has 2 N–H and O–H groups in total. The molecule has 1 unspecified atom stereocenters. The largest absolute Gasteiger partial charge is 0.316 e. The summed E-state index contributed by atoms with van der Waals surface area (Å²) in [6, 6.07) is 6.92. The van der Waals surface area contributed by atoms with E-state index in [-0.39, 0.29) is 0 Å². The molecule has 124 valence electrons. The first-order valence-corrected chi connectivity index (χ1v) is 9.25. The van der Waals surface area contributed by atoms with Crippen LogP contribution in [0.4, 0.5) is 0 Å². The first-order chi connectivity index (χ1) is 10.3. The summed E-state index contributed by atoms with van der Waals surface area (Å²) in [7, 11) is -1.36. The first kappa shape index (κ1) is 17.4. The highest BCUT2D eigenvalue weighted by atomic mass is 32.2. The molecule has 0 saturated carbocycles. The summed E-state index contributed by atoms with van der Waals surface area (Å²) in [6.45, 7) is 8.44. The van der Waals surface area contributed by atoms with Crippen molar-refractivity contribution in [3.05, 3.63) is 29.8 Å². The van der Waals surface area contributed by atoms with E-state index < -0.39 is 10.0 Å². The van der Waals surface area contributed by atoms with Crippen LogP contribution in [0.3, 0.4) is 0 Å². The minimum absolute atomic E-state index is 0.296. The van der Waals surface area contributed by atoms with E-state index in [1.165, 1.54) is 6.42 Å². The SMILES string of the molecule is Cc1ccc(S(=O)(=O)NCCN(C)CC2(C)CCNC2)cc1. The van der Waals surface area contributed by atoms with Crippen molar-refractivity contribution in [2.75, 3.05) is 39.8 Å². The van der Waals surface area contributed by atoms with Gasteiger partial charge in [0.05, 0.1) is 4.90 Å². The van der Waals surface area contributed by atoms with Gasteiger partial charge in [0, 0.05) is 26.2 Å². The average molecular weight is 325 g/mol. The van der Waals surface area contributed by atoms with Gasteiger partial charge < -0.3 is 10.2 Å². The highest BCUT2D eigenvalue weighted by Gasteiger charge is 2.29. The van der Waals surface area contributed by atoms with E-state index in [1.54, 1.807) is 12.1 Å². The number of hydrogen-bond donors (Lipinski definition) is 2. The van der Waals surface area contributed by atoms with Crippen LogP contribution >= 0.6 is 0 Å². The maximum absolute atomic E-state index is 12.2. The van der Waals surface area contributed by atoms with Crippen LogP contribution < -0.4 is 10.0 Å². The molecule has 0 spiro atoms. The van der Waals surface area contributed by atoms with Crippen molar-refractivity contribution in [2.45, 2.75) is 25.2 Å². The summed E-state index contributed by atoms with van der Waals surface area (Å²) in [6.07, 6.45) is 1.17. The summed E-state index contributed by atoms with van der Waals surface area (Å²) in [5.74, 6) is 0. The number of benzene rings is 1. The summed E-state index contributed by atoms with van der Waals surface area (Å²) in [5, 5.41) is 3.39. The fourth-order valence-corrected chi connectivity index (χ4v) is 3.93. The second-order valence-electron chi connectivity index (χ2n) is 6.69. The lowest BCUT2D eigenvalue weighted by Gasteiger charge is -2.29. The Morgan fingerprint density at radius 3 is 2.59 bits per heavy atom. The van der Waals surface area contributed by atoms with Crippen LogP contribution in [0.25, 0.3) is 0 Å². The molecule has 0 radical (unpaired) electrons. The van der Waals surface area contributed by atoms with E-state index in [4.69, 9.17) is 0 Å². The van der Waals surface area contributed by atoms with Crippen molar-refractivity contribution in [3.63, 3.8) is 0 Å². The zero-order chi connectivity index (χ0) is 16.2. The first-order valence-electron chi connectivity index (χ1n) is 7.76. The molecule has 5 nitrogen and oxygen atoms in total. The molecule has 0 aliphatic carbocycles. The second kappa shape index (κ2) is 7.08. The molecular weight excluding hydrogens is 298 g/mol.